The molecule has 1 N–H and O–H groups in total. The zero-order valence-electron chi connectivity index (χ0n) is 14.4. The first kappa shape index (κ1) is 19.5. The molecule has 2 aromatic carbocycles. The van der Waals surface area contributed by atoms with Gasteiger partial charge in [0.1, 0.15) is 0 Å². The minimum atomic E-state index is -3.90. The Morgan fingerprint density at radius 2 is 1.69 bits per heavy atom. The van der Waals surface area contributed by atoms with Crippen molar-refractivity contribution in [2.45, 2.75) is 17.7 Å². The molecule has 8 heteroatoms. The summed E-state index contributed by atoms with van der Waals surface area (Å²) in [5.74, 6) is -1.55. The fourth-order valence-corrected chi connectivity index (χ4v) is 3.61. The number of hydrogen-bond donors (Lipinski definition) is 1. The van der Waals surface area contributed by atoms with Gasteiger partial charge >= 0.3 is 11.9 Å². The third-order valence-corrected chi connectivity index (χ3v) is 5.64. The molecular weight excluding hydrogens is 358 g/mol. The summed E-state index contributed by atoms with van der Waals surface area (Å²) in [6, 6.07) is 12.3. The number of carbonyl (C=O) groups excluding carboxylic acids is 1. The van der Waals surface area contributed by atoms with E-state index < -0.39 is 22.0 Å². The van der Waals surface area contributed by atoms with E-state index in [1.807, 2.05) is 0 Å². The molecule has 0 fully saturated rings. The van der Waals surface area contributed by atoms with Crippen LogP contribution < -0.4 is 4.31 Å². The van der Waals surface area contributed by atoms with E-state index in [0.29, 0.717) is 6.42 Å². The van der Waals surface area contributed by atoms with E-state index in [0.717, 1.165) is 9.87 Å². The normalized spacial score (nSPS) is 11.0. The van der Waals surface area contributed by atoms with E-state index in [2.05, 4.69) is 0 Å². The van der Waals surface area contributed by atoms with Gasteiger partial charge in [0.05, 0.1) is 23.3 Å². The number of rotatable bonds is 7. The lowest BCUT2D eigenvalue weighted by Gasteiger charge is -2.21. The lowest BCUT2D eigenvalue weighted by Crippen LogP contribution is -2.28. The third kappa shape index (κ3) is 4.20. The van der Waals surface area contributed by atoms with E-state index in [1.165, 1.54) is 38.4 Å². The highest BCUT2D eigenvalue weighted by molar-refractivity contribution is 7.92. The van der Waals surface area contributed by atoms with Crippen LogP contribution in [-0.4, -0.2) is 39.6 Å². The van der Waals surface area contributed by atoms with Gasteiger partial charge in [0, 0.05) is 13.5 Å². The molecular formula is C18H19NO6S. The van der Waals surface area contributed by atoms with Crippen molar-refractivity contribution < 1.29 is 27.9 Å². The van der Waals surface area contributed by atoms with Crippen LogP contribution in [-0.2, 0) is 26.0 Å². The van der Waals surface area contributed by atoms with Gasteiger partial charge in [-0.15, -0.1) is 0 Å². The number of sulfonamides is 1. The first-order valence-corrected chi connectivity index (χ1v) is 9.18. The second-order valence-corrected chi connectivity index (χ2v) is 7.49. The number of aliphatic carboxylic acids is 1. The van der Waals surface area contributed by atoms with Gasteiger partial charge in [0.2, 0.25) is 0 Å². The largest absolute Gasteiger partial charge is 0.481 e. The number of benzene rings is 2. The van der Waals surface area contributed by atoms with Crippen LogP contribution in [0.25, 0.3) is 0 Å². The van der Waals surface area contributed by atoms with Crippen molar-refractivity contribution in [1.29, 1.82) is 0 Å². The van der Waals surface area contributed by atoms with Gasteiger partial charge in [-0.3, -0.25) is 9.10 Å². The molecule has 0 spiro atoms. The number of anilines is 1. The molecule has 2 aromatic rings. The average molecular weight is 377 g/mol. The van der Waals surface area contributed by atoms with Gasteiger partial charge in [-0.05, 0) is 36.2 Å². The molecule has 0 saturated heterocycles. The second kappa shape index (κ2) is 8.01. The fraction of sp³-hybridized carbons (Fsp3) is 0.222. The number of carboxylic acid groups (broad SMARTS) is 1. The van der Waals surface area contributed by atoms with Gasteiger partial charge in [0.25, 0.3) is 10.0 Å². The van der Waals surface area contributed by atoms with Crippen molar-refractivity contribution in [3.8, 4) is 0 Å². The monoisotopic (exact) mass is 377 g/mol. The Morgan fingerprint density at radius 3 is 2.27 bits per heavy atom. The summed E-state index contributed by atoms with van der Waals surface area (Å²) in [7, 11) is -1.31. The Balaban J connectivity index is 2.33. The Kier molecular flexibility index (Phi) is 5.99. The Bertz CT molecular complexity index is 906. The molecule has 0 saturated carbocycles. The van der Waals surface area contributed by atoms with Gasteiger partial charge in [-0.1, -0.05) is 24.3 Å². The smallest absolute Gasteiger partial charge is 0.340 e. The van der Waals surface area contributed by atoms with Gasteiger partial charge in [-0.2, -0.15) is 0 Å². The van der Waals surface area contributed by atoms with E-state index in [4.69, 9.17) is 9.84 Å². The first-order valence-electron chi connectivity index (χ1n) is 7.74. The van der Waals surface area contributed by atoms with Crippen molar-refractivity contribution in [3.05, 3.63) is 59.7 Å². The van der Waals surface area contributed by atoms with Crippen LogP contribution in [0.1, 0.15) is 22.3 Å². The van der Waals surface area contributed by atoms with Gasteiger partial charge in [0.15, 0.2) is 0 Å². The van der Waals surface area contributed by atoms with Gasteiger partial charge in [-0.25, -0.2) is 13.2 Å². The Labute approximate surface area is 151 Å². The summed E-state index contributed by atoms with van der Waals surface area (Å²) in [5, 5.41) is 8.71. The summed E-state index contributed by atoms with van der Waals surface area (Å²) in [4.78, 5) is 22.5. The maximum absolute atomic E-state index is 12.9. The number of methoxy groups -OCH3 is 1. The number of nitrogens with zero attached hydrogens (tertiary/aromatic N) is 1. The number of ether oxygens (including phenoxy) is 1. The number of carboxylic acids is 1. The molecule has 0 aliphatic carbocycles. The van der Waals surface area contributed by atoms with Crippen molar-refractivity contribution in [3.63, 3.8) is 0 Å². The van der Waals surface area contributed by atoms with E-state index in [-0.39, 0.29) is 22.6 Å². The first-order chi connectivity index (χ1) is 12.3. The molecule has 0 bridgehead atoms. The van der Waals surface area contributed by atoms with Crippen LogP contribution in [0.5, 0.6) is 0 Å². The van der Waals surface area contributed by atoms with Crippen LogP contribution in [0.15, 0.2) is 53.4 Å². The van der Waals surface area contributed by atoms with Crippen LogP contribution in [0.2, 0.25) is 0 Å². The lowest BCUT2D eigenvalue weighted by atomic mass is 10.1. The molecule has 0 aliphatic rings. The molecule has 0 unspecified atom stereocenters. The molecule has 0 aromatic heterocycles. The summed E-state index contributed by atoms with van der Waals surface area (Å²) in [5.41, 5.74) is 1.07. The molecule has 0 aliphatic heterocycles. The van der Waals surface area contributed by atoms with E-state index in [1.54, 1.807) is 24.3 Å². The SMILES string of the molecule is COC(=O)c1ccccc1N(C)S(=O)(=O)c1ccc(CCC(=O)O)cc1. The standard InChI is InChI=1S/C18H19NO6S/c1-19(16-6-4-3-5-15(16)18(22)25-2)26(23,24)14-10-7-13(8-11-14)9-12-17(20)21/h3-8,10-11H,9,12H2,1-2H3,(H,20,21). The molecule has 0 atom stereocenters. The summed E-state index contributed by atoms with van der Waals surface area (Å²) in [6.45, 7) is 0. The number of aryl methyl sites for hydroxylation is 1. The Hall–Kier alpha value is -2.87. The highest BCUT2D eigenvalue weighted by Crippen LogP contribution is 2.26. The third-order valence-electron chi connectivity index (χ3n) is 3.86. The number of hydrogen-bond acceptors (Lipinski definition) is 5. The van der Waals surface area contributed by atoms with Crippen molar-refractivity contribution >= 4 is 27.6 Å². The van der Waals surface area contributed by atoms with Crippen LogP contribution in [0, 0.1) is 0 Å². The van der Waals surface area contributed by atoms with Crippen molar-refractivity contribution in [2.24, 2.45) is 0 Å². The lowest BCUT2D eigenvalue weighted by molar-refractivity contribution is -0.136. The predicted molar refractivity (Wildman–Crippen MR) is 95.8 cm³/mol. The second-order valence-electron chi connectivity index (χ2n) is 5.52. The fourth-order valence-electron chi connectivity index (χ4n) is 2.40. The van der Waals surface area contributed by atoms with Crippen LogP contribution in [0.3, 0.4) is 0 Å². The molecule has 0 heterocycles. The van der Waals surface area contributed by atoms with Crippen LogP contribution >= 0.6 is 0 Å². The molecule has 2 rings (SSSR count). The molecule has 0 amide bonds. The highest BCUT2D eigenvalue weighted by Gasteiger charge is 2.25. The maximum Gasteiger partial charge on any atom is 0.340 e. The van der Waals surface area contributed by atoms with E-state index >= 15 is 0 Å². The zero-order valence-corrected chi connectivity index (χ0v) is 15.2. The zero-order chi connectivity index (χ0) is 19.3. The number of carbonyl (C=O) groups is 2. The average Bonchev–Trinajstić information content (AvgIpc) is 2.65. The van der Waals surface area contributed by atoms with Gasteiger partial charge < -0.3 is 9.84 Å². The molecule has 138 valence electrons. The molecule has 0 radical (unpaired) electrons. The summed E-state index contributed by atoms with van der Waals surface area (Å²) < 4.78 is 31.4. The number of para-hydroxylation sites is 1. The maximum atomic E-state index is 12.9. The predicted octanol–water partition coefficient (Wildman–Crippen LogP) is 2.32. The summed E-state index contributed by atoms with van der Waals surface area (Å²) in [6.07, 6.45) is 0.287. The molecule has 7 nitrogen and oxygen atoms in total. The Morgan fingerprint density at radius 1 is 1.08 bits per heavy atom. The quantitative estimate of drug-likeness (QED) is 0.743. The van der Waals surface area contributed by atoms with E-state index in [9.17, 15) is 18.0 Å². The highest BCUT2D eigenvalue weighted by atomic mass is 32.2. The minimum Gasteiger partial charge on any atom is -0.481 e. The van der Waals surface area contributed by atoms with Crippen LogP contribution in [0.4, 0.5) is 5.69 Å². The number of esters is 1. The molecule has 26 heavy (non-hydrogen) atoms. The summed E-state index contributed by atoms with van der Waals surface area (Å²) >= 11 is 0. The topological polar surface area (TPSA) is 101 Å². The minimum absolute atomic E-state index is 0.0293. The van der Waals surface area contributed by atoms with Crippen molar-refractivity contribution in [1.82, 2.24) is 0 Å². The van der Waals surface area contributed by atoms with Crippen molar-refractivity contribution in [2.75, 3.05) is 18.5 Å².